The molecule has 2 atom stereocenters. The summed E-state index contributed by atoms with van der Waals surface area (Å²) in [5.74, 6) is -2.04. The molecule has 1 aliphatic rings. The van der Waals surface area contributed by atoms with E-state index < -0.39 is 41.3 Å². The summed E-state index contributed by atoms with van der Waals surface area (Å²) >= 11 is 0. The van der Waals surface area contributed by atoms with E-state index in [1.165, 1.54) is 48.4 Å². The number of nitrogens with two attached hydrogens (primary N) is 1. The Morgan fingerprint density at radius 2 is 1.68 bits per heavy atom. The molecule has 3 N–H and O–H groups in total. The van der Waals surface area contributed by atoms with E-state index in [4.69, 9.17) is 24.7 Å². The van der Waals surface area contributed by atoms with Crippen LogP contribution in [0, 0.1) is 5.82 Å². The van der Waals surface area contributed by atoms with Gasteiger partial charge in [-0.25, -0.2) is 9.18 Å². The lowest BCUT2D eigenvalue weighted by Gasteiger charge is -2.24. The molecule has 0 bridgehead atoms. The Balaban J connectivity index is 1.71. The first-order valence-electron chi connectivity index (χ1n) is 12.2. The first-order valence-corrected chi connectivity index (χ1v) is 12.2. The van der Waals surface area contributed by atoms with Crippen LogP contribution in [0.5, 0.6) is 11.5 Å². The minimum Gasteiger partial charge on any atom is -0.494 e. The number of amides is 2. The average Bonchev–Trinajstić information content (AvgIpc) is 3.23. The second-order valence-electron chi connectivity index (χ2n) is 9.75. The molecule has 0 saturated carbocycles. The van der Waals surface area contributed by atoms with Gasteiger partial charge < -0.3 is 34.9 Å². The molecule has 38 heavy (non-hydrogen) atoms. The van der Waals surface area contributed by atoms with E-state index in [0.717, 1.165) is 0 Å². The van der Waals surface area contributed by atoms with Crippen LogP contribution in [0.3, 0.4) is 0 Å². The van der Waals surface area contributed by atoms with Crippen molar-refractivity contribution in [3.05, 3.63) is 58.9 Å². The molecule has 1 aliphatic heterocycles. The van der Waals surface area contributed by atoms with Crippen molar-refractivity contribution in [2.45, 2.75) is 45.4 Å². The van der Waals surface area contributed by atoms with Crippen molar-refractivity contribution < 1.29 is 37.7 Å². The molecule has 1 saturated heterocycles. The minimum atomic E-state index is -0.863. The molecule has 0 aliphatic carbocycles. The van der Waals surface area contributed by atoms with Crippen molar-refractivity contribution in [1.82, 2.24) is 10.2 Å². The lowest BCUT2D eigenvalue weighted by molar-refractivity contribution is 0.0217. The molecular weight excluding hydrogens is 497 g/mol. The van der Waals surface area contributed by atoms with Crippen molar-refractivity contribution in [2.75, 3.05) is 33.6 Å². The van der Waals surface area contributed by atoms with Crippen LogP contribution in [-0.4, -0.2) is 74.0 Å². The van der Waals surface area contributed by atoms with Crippen molar-refractivity contribution in [1.29, 1.82) is 0 Å². The topological polar surface area (TPSA) is 129 Å². The van der Waals surface area contributed by atoms with Crippen molar-refractivity contribution >= 4 is 17.8 Å². The van der Waals surface area contributed by atoms with Gasteiger partial charge in [-0.3, -0.25) is 9.59 Å². The zero-order chi connectivity index (χ0) is 28.0. The number of carbonyl (C=O) groups excluding carboxylic acids is 3. The van der Waals surface area contributed by atoms with Crippen LogP contribution in [0.15, 0.2) is 36.4 Å². The van der Waals surface area contributed by atoms with Gasteiger partial charge in [0.05, 0.1) is 13.2 Å². The highest BCUT2D eigenvalue weighted by molar-refractivity contribution is 6.11. The smallest absolute Gasteiger partial charge is 0.410 e. The number of hydrogen-bond acceptors (Lipinski definition) is 8. The molecule has 1 fully saturated rings. The first-order chi connectivity index (χ1) is 17.9. The van der Waals surface area contributed by atoms with Crippen LogP contribution in [0.25, 0.3) is 0 Å². The number of halogens is 1. The van der Waals surface area contributed by atoms with Crippen LogP contribution >= 0.6 is 0 Å². The van der Waals surface area contributed by atoms with E-state index in [9.17, 15) is 14.4 Å². The van der Waals surface area contributed by atoms with Gasteiger partial charge in [0.15, 0.2) is 24.1 Å². The van der Waals surface area contributed by atoms with Crippen molar-refractivity contribution in [3.63, 3.8) is 0 Å². The molecule has 2 aromatic rings. The summed E-state index contributed by atoms with van der Waals surface area (Å²) in [5, 5.41) is 2.83. The Morgan fingerprint density at radius 1 is 1.05 bits per heavy atom. The maximum atomic E-state index is 15.0. The van der Waals surface area contributed by atoms with Crippen LogP contribution in [0.1, 0.15) is 54.0 Å². The normalized spacial score (nSPS) is 17.2. The quantitative estimate of drug-likeness (QED) is 0.287. The van der Waals surface area contributed by atoms with E-state index in [-0.39, 0.29) is 48.1 Å². The van der Waals surface area contributed by atoms with Gasteiger partial charge in [0.1, 0.15) is 16.9 Å². The molecular formula is C27H34FN3O7. The number of likely N-dealkylation sites (tertiary alicyclic amines) is 1. The van der Waals surface area contributed by atoms with Gasteiger partial charge in [-0.1, -0.05) is 12.1 Å². The van der Waals surface area contributed by atoms with Gasteiger partial charge in [-0.2, -0.15) is 0 Å². The van der Waals surface area contributed by atoms with Crippen LogP contribution < -0.4 is 20.5 Å². The van der Waals surface area contributed by atoms with E-state index in [1.54, 1.807) is 27.7 Å². The number of nitrogens with one attached hydrogen (secondary N) is 1. The molecule has 2 aromatic carbocycles. The van der Waals surface area contributed by atoms with Crippen LogP contribution in [0.4, 0.5) is 9.18 Å². The summed E-state index contributed by atoms with van der Waals surface area (Å²) in [6.07, 6.45) is -0.498. The summed E-state index contributed by atoms with van der Waals surface area (Å²) in [6, 6.07) is 7.58. The SMILES string of the molecule is CCOCOc1ccc(OC)c(F)c1C(=O)c1ccc(C(=O)N[C@H]2CN(C(=O)OC(C)(C)C)C[C@@H]2N)cc1. The Bertz CT molecular complexity index is 1160. The third kappa shape index (κ3) is 6.99. The average molecular weight is 532 g/mol. The molecule has 206 valence electrons. The van der Waals surface area contributed by atoms with Gasteiger partial charge in [0, 0.05) is 36.9 Å². The highest BCUT2D eigenvalue weighted by atomic mass is 19.1. The fourth-order valence-corrected chi connectivity index (χ4v) is 3.84. The first kappa shape index (κ1) is 28.9. The minimum absolute atomic E-state index is 0.00771. The van der Waals surface area contributed by atoms with Crippen molar-refractivity contribution in [2.24, 2.45) is 5.73 Å². The number of hydrogen-bond donors (Lipinski definition) is 2. The number of nitrogens with zero attached hydrogens (tertiary/aromatic N) is 1. The molecule has 0 unspecified atom stereocenters. The van der Waals surface area contributed by atoms with E-state index in [2.05, 4.69) is 5.32 Å². The summed E-state index contributed by atoms with van der Waals surface area (Å²) in [4.78, 5) is 39.8. The van der Waals surface area contributed by atoms with Gasteiger partial charge in [0.2, 0.25) is 0 Å². The van der Waals surface area contributed by atoms with Gasteiger partial charge in [-0.15, -0.1) is 0 Å². The Morgan fingerprint density at radius 3 is 2.29 bits per heavy atom. The number of benzene rings is 2. The van der Waals surface area contributed by atoms with Crippen LogP contribution in [-0.2, 0) is 9.47 Å². The summed E-state index contributed by atoms with van der Waals surface area (Å²) in [7, 11) is 1.30. The fraction of sp³-hybridized carbons (Fsp3) is 0.444. The molecule has 3 rings (SSSR count). The fourth-order valence-electron chi connectivity index (χ4n) is 3.84. The molecule has 0 aromatic heterocycles. The Labute approximate surface area is 221 Å². The number of carbonyl (C=O) groups is 3. The highest BCUT2D eigenvalue weighted by Crippen LogP contribution is 2.31. The van der Waals surface area contributed by atoms with E-state index in [0.29, 0.717) is 6.61 Å². The zero-order valence-corrected chi connectivity index (χ0v) is 22.2. The monoisotopic (exact) mass is 531 g/mol. The van der Waals surface area contributed by atoms with Gasteiger partial charge >= 0.3 is 6.09 Å². The van der Waals surface area contributed by atoms with Crippen molar-refractivity contribution in [3.8, 4) is 11.5 Å². The summed E-state index contributed by atoms with van der Waals surface area (Å²) in [5.41, 5.74) is 5.60. The van der Waals surface area contributed by atoms with E-state index >= 15 is 4.39 Å². The molecule has 0 radical (unpaired) electrons. The lowest BCUT2D eigenvalue weighted by atomic mass is 10.00. The molecule has 10 nitrogen and oxygen atoms in total. The Hall–Kier alpha value is -3.70. The zero-order valence-electron chi connectivity index (χ0n) is 22.2. The predicted octanol–water partition coefficient (Wildman–Crippen LogP) is 3.11. The highest BCUT2D eigenvalue weighted by Gasteiger charge is 2.36. The predicted molar refractivity (Wildman–Crippen MR) is 137 cm³/mol. The number of ketones is 1. The third-order valence-electron chi connectivity index (χ3n) is 5.76. The maximum absolute atomic E-state index is 15.0. The Kier molecular flexibility index (Phi) is 9.29. The maximum Gasteiger partial charge on any atom is 0.410 e. The third-order valence-corrected chi connectivity index (χ3v) is 5.76. The number of methoxy groups -OCH3 is 1. The molecule has 1 heterocycles. The standard InChI is InChI=1S/C27H34FN3O7/c1-6-36-15-37-20-11-12-21(35-5)23(28)22(20)24(32)16-7-9-17(10-8-16)25(33)30-19-14-31(13-18(19)29)26(34)38-27(2,3)4/h7-12,18-19H,6,13-15,29H2,1-5H3,(H,30,33)/t18-,19-/m0/s1. The second-order valence-corrected chi connectivity index (χ2v) is 9.75. The molecule has 0 spiro atoms. The number of ether oxygens (including phenoxy) is 4. The van der Waals surface area contributed by atoms with E-state index in [1.807, 2.05) is 0 Å². The van der Waals surface area contributed by atoms with Gasteiger partial charge in [-0.05, 0) is 52.0 Å². The summed E-state index contributed by atoms with van der Waals surface area (Å²) in [6.45, 7) is 7.76. The van der Waals surface area contributed by atoms with Gasteiger partial charge in [0.25, 0.3) is 5.91 Å². The largest absolute Gasteiger partial charge is 0.494 e. The number of rotatable bonds is 9. The molecule has 11 heteroatoms. The second kappa shape index (κ2) is 12.2. The van der Waals surface area contributed by atoms with Crippen LogP contribution in [0.2, 0.25) is 0 Å². The molecule has 2 amide bonds. The lowest BCUT2D eigenvalue weighted by Crippen LogP contribution is -2.46. The summed E-state index contributed by atoms with van der Waals surface area (Å²) < 4.78 is 36.0.